The number of nitrogens with one attached hydrogen (secondary N) is 3. The van der Waals surface area contributed by atoms with Crippen LogP contribution in [0.3, 0.4) is 0 Å². The van der Waals surface area contributed by atoms with Crippen molar-refractivity contribution in [2.45, 2.75) is 52.4 Å². The van der Waals surface area contributed by atoms with E-state index in [9.17, 15) is 4.79 Å². The zero-order chi connectivity index (χ0) is 21.6. The second-order valence-corrected chi connectivity index (χ2v) is 7.53. The number of guanidine groups is 1. The van der Waals surface area contributed by atoms with Crippen LogP contribution in [0, 0.1) is 5.92 Å². The quantitative estimate of drug-likeness (QED) is 0.162. The molecule has 7 nitrogen and oxygen atoms in total. The molecule has 0 aromatic heterocycles. The Morgan fingerprint density at radius 2 is 1.65 bits per heavy atom. The summed E-state index contributed by atoms with van der Waals surface area (Å²) in [4.78, 5) is 16.2. The highest BCUT2D eigenvalue weighted by Crippen LogP contribution is 2.29. The standard InChI is InChI=1S/C23H38N4O3.HI/c1-4-29-20-11-10-19(16-21(20)30-5-2)12-13-26-23(24-3)27-15-14-25-22(28)17-18-8-6-7-9-18;/h10-11,16,18H,4-9,12-15,17H2,1-3H3,(H,25,28)(H2,24,26,27);1H. The SMILES string of the molecule is CCOc1ccc(CCNC(=NC)NCCNC(=O)CC2CCCC2)cc1OCC.I. The van der Waals surface area contributed by atoms with Crippen LogP contribution in [0.25, 0.3) is 0 Å². The fourth-order valence-electron chi connectivity index (χ4n) is 3.73. The van der Waals surface area contributed by atoms with Gasteiger partial charge < -0.3 is 25.4 Å². The summed E-state index contributed by atoms with van der Waals surface area (Å²) in [7, 11) is 1.75. The van der Waals surface area contributed by atoms with Crippen LogP contribution in [0.1, 0.15) is 51.5 Å². The van der Waals surface area contributed by atoms with E-state index in [1.807, 2.05) is 26.0 Å². The molecule has 1 saturated carbocycles. The van der Waals surface area contributed by atoms with E-state index in [4.69, 9.17) is 9.47 Å². The lowest BCUT2D eigenvalue weighted by atomic mass is 10.0. The number of hydrogen-bond acceptors (Lipinski definition) is 4. The third kappa shape index (κ3) is 10.4. The van der Waals surface area contributed by atoms with Gasteiger partial charge in [-0.05, 0) is 56.7 Å². The predicted molar refractivity (Wildman–Crippen MR) is 137 cm³/mol. The van der Waals surface area contributed by atoms with Crippen molar-refractivity contribution < 1.29 is 14.3 Å². The van der Waals surface area contributed by atoms with E-state index in [1.165, 1.54) is 31.2 Å². The smallest absolute Gasteiger partial charge is 0.220 e. The number of nitrogens with zero attached hydrogens (tertiary/aromatic N) is 1. The van der Waals surface area contributed by atoms with Crippen LogP contribution < -0.4 is 25.4 Å². The Labute approximate surface area is 204 Å². The lowest BCUT2D eigenvalue weighted by Gasteiger charge is -2.14. The summed E-state index contributed by atoms with van der Waals surface area (Å²) in [5.74, 6) is 3.04. The van der Waals surface area contributed by atoms with E-state index in [1.54, 1.807) is 7.05 Å². The predicted octanol–water partition coefficient (Wildman–Crippen LogP) is 3.51. The van der Waals surface area contributed by atoms with Gasteiger partial charge in [-0.3, -0.25) is 9.79 Å². The van der Waals surface area contributed by atoms with Gasteiger partial charge in [0.1, 0.15) is 0 Å². The number of rotatable bonds is 12. The second-order valence-electron chi connectivity index (χ2n) is 7.53. The van der Waals surface area contributed by atoms with Crippen molar-refractivity contribution in [3.63, 3.8) is 0 Å². The minimum atomic E-state index is 0. The molecule has 0 atom stereocenters. The van der Waals surface area contributed by atoms with Crippen LogP contribution >= 0.6 is 24.0 Å². The molecule has 0 heterocycles. The summed E-state index contributed by atoms with van der Waals surface area (Å²) in [5, 5.41) is 9.55. The Morgan fingerprint density at radius 3 is 2.32 bits per heavy atom. The Kier molecular flexibility index (Phi) is 14.1. The molecule has 0 bridgehead atoms. The molecular formula is C23H39IN4O3. The maximum atomic E-state index is 12.0. The van der Waals surface area contributed by atoms with Crippen LogP contribution in [0.2, 0.25) is 0 Å². The van der Waals surface area contributed by atoms with E-state index in [-0.39, 0.29) is 29.9 Å². The molecule has 0 radical (unpaired) electrons. The fourth-order valence-corrected chi connectivity index (χ4v) is 3.73. The van der Waals surface area contributed by atoms with Crippen LogP contribution in [-0.4, -0.2) is 51.8 Å². The molecule has 1 aromatic rings. The molecule has 3 N–H and O–H groups in total. The summed E-state index contributed by atoms with van der Waals surface area (Å²) in [6.45, 7) is 7.15. The van der Waals surface area contributed by atoms with Crippen LogP contribution in [-0.2, 0) is 11.2 Å². The van der Waals surface area contributed by atoms with Gasteiger partial charge in [0.25, 0.3) is 0 Å². The lowest BCUT2D eigenvalue weighted by molar-refractivity contribution is -0.121. The summed E-state index contributed by atoms with van der Waals surface area (Å²) in [5.41, 5.74) is 1.17. The average Bonchev–Trinajstić information content (AvgIpc) is 3.25. The first-order valence-corrected chi connectivity index (χ1v) is 11.3. The minimum Gasteiger partial charge on any atom is -0.490 e. The van der Waals surface area contributed by atoms with Crippen molar-refractivity contribution in [3.8, 4) is 11.5 Å². The Hall–Kier alpha value is -1.71. The normalized spacial score (nSPS) is 14.0. The number of halogens is 1. The lowest BCUT2D eigenvalue weighted by Crippen LogP contribution is -2.42. The van der Waals surface area contributed by atoms with E-state index < -0.39 is 0 Å². The molecule has 1 aliphatic rings. The Balaban J connectivity index is 0.00000480. The Morgan fingerprint density at radius 1 is 1.00 bits per heavy atom. The van der Waals surface area contributed by atoms with E-state index in [0.29, 0.717) is 38.6 Å². The highest BCUT2D eigenvalue weighted by atomic mass is 127. The van der Waals surface area contributed by atoms with E-state index >= 15 is 0 Å². The summed E-state index contributed by atoms with van der Waals surface area (Å²) in [6.07, 6.45) is 6.44. The summed E-state index contributed by atoms with van der Waals surface area (Å²) >= 11 is 0. The molecule has 1 aromatic carbocycles. The van der Waals surface area contributed by atoms with E-state index in [0.717, 1.165) is 30.4 Å². The number of amides is 1. The monoisotopic (exact) mass is 546 g/mol. The molecule has 0 saturated heterocycles. The van der Waals surface area contributed by atoms with Gasteiger partial charge >= 0.3 is 0 Å². The van der Waals surface area contributed by atoms with Crippen molar-refractivity contribution in [1.29, 1.82) is 0 Å². The zero-order valence-electron chi connectivity index (χ0n) is 19.2. The molecule has 176 valence electrons. The first-order chi connectivity index (χ1) is 14.7. The average molecular weight is 546 g/mol. The number of aliphatic imine (C=N–C) groups is 1. The maximum Gasteiger partial charge on any atom is 0.220 e. The minimum absolute atomic E-state index is 0. The number of carbonyl (C=O) groups excluding carboxylic acids is 1. The largest absolute Gasteiger partial charge is 0.490 e. The topological polar surface area (TPSA) is 84.0 Å². The van der Waals surface area contributed by atoms with Gasteiger partial charge in [-0.25, -0.2) is 0 Å². The van der Waals surface area contributed by atoms with Gasteiger partial charge in [-0.15, -0.1) is 24.0 Å². The van der Waals surface area contributed by atoms with Gasteiger partial charge in [0.2, 0.25) is 5.91 Å². The van der Waals surface area contributed by atoms with Gasteiger partial charge in [0.15, 0.2) is 17.5 Å². The van der Waals surface area contributed by atoms with Gasteiger partial charge in [0, 0.05) is 33.1 Å². The third-order valence-electron chi connectivity index (χ3n) is 5.23. The Bertz CT molecular complexity index is 679. The molecule has 2 rings (SSSR count). The zero-order valence-corrected chi connectivity index (χ0v) is 21.5. The molecular weight excluding hydrogens is 507 g/mol. The van der Waals surface area contributed by atoms with Gasteiger partial charge in [-0.1, -0.05) is 18.9 Å². The van der Waals surface area contributed by atoms with Crippen molar-refractivity contribution in [2.24, 2.45) is 10.9 Å². The molecule has 31 heavy (non-hydrogen) atoms. The van der Waals surface area contributed by atoms with Crippen molar-refractivity contribution >= 4 is 35.8 Å². The molecule has 8 heteroatoms. The number of carbonyl (C=O) groups is 1. The second kappa shape index (κ2) is 16.0. The maximum absolute atomic E-state index is 12.0. The summed E-state index contributed by atoms with van der Waals surface area (Å²) in [6, 6.07) is 6.06. The van der Waals surface area contributed by atoms with Gasteiger partial charge in [0.05, 0.1) is 13.2 Å². The van der Waals surface area contributed by atoms with Crippen molar-refractivity contribution in [1.82, 2.24) is 16.0 Å². The first kappa shape index (κ1) is 27.3. The number of benzene rings is 1. The fraction of sp³-hybridized carbons (Fsp3) is 0.652. The molecule has 0 aliphatic heterocycles. The highest BCUT2D eigenvalue weighted by molar-refractivity contribution is 14.0. The summed E-state index contributed by atoms with van der Waals surface area (Å²) < 4.78 is 11.3. The molecule has 0 unspecified atom stereocenters. The third-order valence-corrected chi connectivity index (χ3v) is 5.23. The van der Waals surface area contributed by atoms with Crippen LogP contribution in [0.4, 0.5) is 0 Å². The first-order valence-electron chi connectivity index (χ1n) is 11.3. The highest BCUT2D eigenvalue weighted by Gasteiger charge is 2.17. The van der Waals surface area contributed by atoms with Crippen LogP contribution in [0.15, 0.2) is 23.2 Å². The van der Waals surface area contributed by atoms with Crippen molar-refractivity contribution in [3.05, 3.63) is 23.8 Å². The number of ether oxygens (including phenoxy) is 2. The molecule has 1 amide bonds. The van der Waals surface area contributed by atoms with Crippen molar-refractivity contribution in [2.75, 3.05) is 39.9 Å². The van der Waals surface area contributed by atoms with Gasteiger partial charge in [-0.2, -0.15) is 0 Å². The molecule has 1 fully saturated rings. The molecule has 1 aliphatic carbocycles. The van der Waals surface area contributed by atoms with E-state index in [2.05, 4.69) is 27.0 Å². The number of hydrogen-bond donors (Lipinski definition) is 3. The van der Waals surface area contributed by atoms with Crippen LogP contribution in [0.5, 0.6) is 11.5 Å². The molecule has 0 spiro atoms.